The maximum atomic E-state index is 6.07. The average molecular weight is 413 g/mol. The van der Waals surface area contributed by atoms with E-state index in [1.807, 2.05) is 36.4 Å². The van der Waals surface area contributed by atoms with Gasteiger partial charge in [0.15, 0.2) is 0 Å². The van der Waals surface area contributed by atoms with E-state index in [1.165, 1.54) is 0 Å². The van der Waals surface area contributed by atoms with Crippen LogP contribution in [-0.2, 0) is 0 Å². The Morgan fingerprint density at radius 1 is 0.577 bits per heavy atom. The molecule has 0 saturated heterocycles. The minimum Gasteiger partial charge on any atom is -0.455 e. The number of thiophene rings is 2. The van der Waals surface area contributed by atoms with Crippen molar-refractivity contribution in [1.82, 2.24) is 0 Å². The van der Waals surface area contributed by atoms with Crippen molar-refractivity contribution in [2.24, 2.45) is 0 Å². The van der Waals surface area contributed by atoms with Gasteiger partial charge < -0.3 is 8.83 Å². The number of furan rings is 2. The largest absolute Gasteiger partial charge is 0.455 e. The molecule has 0 spiro atoms. The minimum atomic E-state index is 0.890. The summed E-state index contributed by atoms with van der Waals surface area (Å²) in [5.74, 6) is 3.61. The first-order valence-electron chi connectivity index (χ1n) is 7.89. The van der Waals surface area contributed by atoms with Gasteiger partial charge in [0.2, 0.25) is 0 Å². The molecule has 0 amide bonds. The van der Waals surface area contributed by atoms with Crippen LogP contribution < -0.4 is 0 Å². The second kappa shape index (κ2) is 7.04. The Bertz CT molecular complexity index is 992. The Balaban J connectivity index is 1.37. The fraction of sp³-hybridized carbons (Fsp3) is 0. The van der Waals surface area contributed by atoms with Crippen molar-refractivity contribution < 1.29 is 8.83 Å². The van der Waals surface area contributed by atoms with E-state index in [4.69, 9.17) is 8.83 Å². The Hall–Kier alpha value is -1.86. The lowest BCUT2D eigenvalue weighted by Crippen LogP contribution is -1.82. The van der Waals surface area contributed by atoms with Gasteiger partial charge in [0.05, 0.1) is 19.6 Å². The molecule has 4 aromatic rings. The third-order valence-electron chi connectivity index (χ3n) is 3.80. The van der Waals surface area contributed by atoms with Gasteiger partial charge in [-0.1, -0.05) is 23.9 Å². The summed E-state index contributed by atoms with van der Waals surface area (Å²) < 4.78 is 12.1. The highest BCUT2D eigenvalue weighted by atomic mass is 32.2. The molecule has 5 rings (SSSR count). The molecule has 0 unspecified atom stereocenters. The average Bonchev–Trinajstić information content (AvgIpc) is 3.49. The fourth-order valence-corrected chi connectivity index (χ4v) is 5.88. The summed E-state index contributed by atoms with van der Waals surface area (Å²) in [4.78, 5) is 4.49. The van der Waals surface area contributed by atoms with Crippen LogP contribution in [0.1, 0.15) is 11.5 Å². The van der Waals surface area contributed by atoms with Crippen molar-refractivity contribution in [3.8, 4) is 21.3 Å². The standard InChI is InChI=1S/C20H12O2S4/c1-3-17(24-9-1)13-5-7-15(21-13)19-11-23-12-20(26-19)16-8-6-14(22-16)18-4-2-10-25-18/h1-12H. The van der Waals surface area contributed by atoms with Gasteiger partial charge in [0, 0.05) is 0 Å². The summed E-state index contributed by atoms with van der Waals surface area (Å²) in [5.41, 5.74) is 0. The monoisotopic (exact) mass is 412 g/mol. The molecule has 128 valence electrons. The Morgan fingerprint density at radius 3 is 1.54 bits per heavy atom. The van der Waals surface area contributed by atoms with Gasteiger partial charge in [0.1, 0.15) is 23.0 Å². The van der Waals surface area contributed by atoms with Crippen LogP contribution in [0, 0.1) is 0 Å². The highest BCUT2D eigenvalue weighted by Gasteiger charge is 2.19. The molecule has 4 aromatic heterocycles. The molecule has 0 saturated carbocycles. The summed E-state index contributed by atoms with van der Waals surface area (Å²) in [6.07, 6.45) is 0. The summed E-state index contributed by atoms with van der Waals surface area (Å²) in [6, 6.07) is 16.4. The van der Waals surface area contributed by atoms with Crippen molar-refractivity contribution in [2.45, 2.75) is 0 Å². The van der Waals surface area contributed by atoms with E-state index < -0.39 is 0 Å². The zero-order chi connectivity index (χ0) is 17.3. The molecule has 5 heterocycles. The molecular formula is C20H12O2S4. The highest BCUT2D eigenvalue weighted by molar-refractivity contribution is 8.20. The molecule has 0 bridgehead atoms. The molecule has 1 aliphatic heterocycles. The molecule has 2 nitrogen and oxygen atoms in total. The predicted octanol–water partition coefficient (Wildman–Crippen LogP) is 8.11. The molecule has 0 aromatic carbocycles. The molecule has 1 aliphatic rings. The van der Waals surface area contributed by atoms with Crippen LogP contribution in [0.2, 0.25) is 0 Å². The van der Waals surface area contributed by atoms with Crippen molar-refractivity contribution in [1.29, 1.82) is 0 Å². The van der Waals surface area contributed by atoms with Crippen LogP contribution in [0.25, 0.3) is 31.1 Å². The highest BCUT2D eigenvalue weighted by Crippen LogP contribution is 2.47. The maximum absolute atomic E-state index is 6.07. The topological polar surface area (TPSA) is 26.3 Å². The van der Waals surface area contributed by atoms with Crippen molar-refractivity contribution in [2.75, 3.05) is 0 Å². The summed E-state index contributed by atoms with van der Waals surface area (Å²) in [7, 11) is 0. The molecular weight excluding hydrogens is 400 g/mol. The van der Waals surface area contributed by atoms with Crippen LogP contribution in [-0.4, -0.2) is 0 Å². The van der Waals surface area contributed by atoms with Gasteiger partial charge in [-0.25, -0.2) is 0 Å². The zero-order valence-electron chi connectivity index (χ0n) is 13.4. The van der Waals surface area contributed by atoms with Crippen LogP contribution >= 0.6 is 46.2 Å². The zero-order valence-corrected chi connectivity index (χ0v) is 16.6. The first-order valence-corrected chi connectivity index (χ1v) is 11.4. The van der Waals surface area contributed by atoms with Gasteiger partial charge in [-0.15, -0.1) is 34.4 Å². The number of hydrogen-bond donors (Lipinski definition) is 0. The van der Waals surface area contributed by atoms with E-state index in [-0.39, 0.29) is 0 Å². The number of hydrogen-bond acceptors (Lipinski definition) is 6. The lowest BCUT2D eigenvalue weighted by molar-refractivity contribution is 0.571. The molecule has 0 atom stereocenters. The van der Waals surface area contributed by atoms with E-state index in [2.05, 4.69) is 33.7 Å². The Morgan fingerprint density at radius 2 is 1.08 bits per heavy atom. The third kappa shape index (κ3) is 3.14. The quantitative estimate of drug-likeness (QED) is 0.338. The summed E-state index contributed by atoms with van der Waals surface area (Å²) in [5, 5.41) is 8.36. The van der Waals surface area contributed by atoms with Crippen LogP contribution in [0.3, 0.4) is 0 Å². The van der Waals surface area contributed by atoms with Gasteiger partial charge in [-0.3, -0.25) is 0 Å². The van der Waals surface area contributed by atoms with Gasteiger partial charge in [-0.05, 0) is 58.0 Å². The molecule has 0 N–H and O–H groups in total. The van der Waals surface area contributed by atoms with Gasteiger partial charge in [0.25, 0.3) is 0 Å². The first kappa shape index (κ1) is 16.3. The first-order chi connectivity index (χ1) is 12.9. The van der Waals surface area contributed by atoms with Crippen LogP contribution in [0.5, 0.6) is 0 Å². The van der Waals surface area contributed by atoms with E-state index >= 15 is 0 Å². The Kier molecular flexibility index (Phi) is 4.42. The van der Waals surface area contributed by atoms with Gasteiger partial charge in [-0.2, -0.15) is 0 Å². The van der Waals surface area contributed by atoms with E-state index in [0.29, 0.717) is 0 Å². The smallest absolute Gasteiger partial charge is 0.144 e. The van der Waals surface area contributed by atoms with Crippen LogP contribution in [0.15, 0.2) is 78.9 Å². The fourth-order valence-electron chi connectivity index (χ4n) is 2.58. The van der Waals surface area contributed by atoms with Crippen molar-refractivity contribution >= 4 is 56.0 Å². The summed E-state index contributed by atoms with van der Waals surface area (Å²) in [6.45, 7) is 0. The molecule has 26 heavy (non-hydrogen) atoms. The van der Waals surface area contributed by atoms with Crippen molar-refractivity contribution in [3.63, 3.8) is 0 Å². The molecule has 0 radical (unpaired) electrons. The lowest BCUT2D eigenvalue weighted by atomic mass is 10.3. The molecule has 6 heteroatoms. The van der Waals surface area contributed by atoms with E-state index in [0.717, 1.165) is 42.6 Å². The van der Waals surface area contributed by atoms with Gasteiger partial charge >= 0.3 is 0 Å². The van der Waals surface area contributed by atoms with E-state index in [9.17, 15) is 0 Å². The summed E-state index contributed by atoms with van der Waals surface area (Å²) >= 11 is 6.70. The molecule has 0 aliphatic carbocycles. The van der Waals surface area contributed by atoms with Crippen LogP contribution in [0.4, 0.5) is 0 Å². The second-order valence-electron chi connectivity index (χ2n) is 5.48. The lowest BCUT2D eigenvalue weighted by Gasteiger charge is -2.10. The van der Waals surface area contributed by atoms with E-state index in [1.54, 1.807) is 46.2 Å². The molecule has 0 fully saturated rings. The Labute approximate surface area is 167 Å². The maximum Gasteiger partial charge on any atom is 0.144 e. The number of rotatable bonds is 4. The third-order valence-corrected chi connectivity index (χ3v) is 7.68. The normalized spacial score (nSPS) is 14.3. The number of thioether (sulfide) groups is 2. The minimum absolute atomic E-state index is 0.890. The van der Waals surface area contributed by atoms with Crippen molar-refractivity contribution in [3.05, 3.63) is 81.6 Å². The predicted molar refractivity (Wildman–Crippen MR) is 115 cm³/mol. The second-order valence-corrected chi connectivity index (χ2v) is 9.21. The SMILES string of the molecule is C1=C(c2ccc(-c3cccs3)o2)SC(c2ccc(-c3cccs3)o2)=CS1.